The third kappa shape index (κ3) is 4.83. The fourth-order valence-electron chi connectivity index (χ4n) is 7.11. The summed E-state index contributed by atoms with van der Waals surface area (Å²) < 4.78 is 15.4. The minimum atomic E-state index is -0.844. The summed E-state index contributed by atoms with van der Waals surface area (Å²) in [5, 5.41) is 2.47. The highest BCUT2D eigenvalue weighted by molar-refractivity contribution is 6.09. The van der Waals surface area contributed by atoms with E-state index in [9.17, 15) is 0 Å². The highest BCUT2D eigenvalue weighted by Gasteiger charge is 2.30. The van der Waals surface area contributed by atoms with E-state index in [4.69, 9.17) is 9.47 Å². The van der Waals surface area contributed by atoms with E-state index in [1.165, 1.54) is 44.1 Å². The van der Waals surface area contributed by atoms with E-state index in [1.807, 2.05) is 13.8 Å². The molecule has 2 heterocycles. The second-order valence-electron chi connectivity index (χ2n) is 12.9. The maximum absolute atomic E-state index is 6.55. The lowest BCUT2D eigenvalue weighted by molar-refractivity contribution is -0.0778. The fraction of sp³-hybridized carbons (Fsp3) is 0.0667. The van der Waals surface area contributed by atoms with Crippen molar-refractivity contribution < 1.29 is 9.47 Å². The van der Waals surface area contributed by atoms with Gasteiger partial charge in [-0.25, -0.2) is 0 Å². The number of hydrogen-bond acceptors (Lipinski definition) is 2. The van der Waals surface area contributed by atoms with Gasteiger partial charge in [0.2, 0.25) is 5.79 Å². The molecule has 0 amide bonds. The molecule has 1 aromatic heterocycles. The first kappa shape index (κ1) is 28.2. The molecule has 8 aromatic rings. The van der Waals surface area contributed by atoms with E-state index in [0.29, 0.717) is 0 Å². The molecule has 0 saturated heterocycles. The molecular weight excluding hydrogens is 587 g/mol. The predicted octanol–water partition coefficient (Wildman–Crippen LogP) is 12.0. The summed E-state index contributed by atoms with van der Waals surface area (Å²) in [7, 11) is 0. The molecule has 9 rings (SSSR count). The van der Waals surface area contributed by atoms with Gasteiger partial charge in [-0.2, -0.15) is 0 Å². The Morgan fingerprint density at radius 3 is 1.42 bits per heavy atom. The number of fused-ring (bicyclic) bond motifs is 6. The highest BCUT2D eigenvalue weighted by atomic mass is 16.7. The number of ether oxygens (including phenoxy) is 2. The van der Waals surface area contributed by atoms with Crippen LogP contribution in [0, 0.1) is 0 Å². The van der Waals surface area contributed by atoms with E-state index >= 15 is 0 Å². The molecule has 3 nitrogen and oxygen atoms in total. The van der Waals surface area contributed by atoms with Crippen molar-refractivity contribution in [2.24, 2.45) is 0 Å². The maximum Gasteiger partial charge on any atom is 0.245 e. The molecule has 0 atom stereocenters. The lowest BCUT2D eigenvalue weighted by atomic mass is 9.91. The third-order valence-corrected chi connectivity index (χ3v) is 9.26. The fourth-order valence-corrected chi connectivity index (χ4v) is 7.11. The van der Waals surface area contributed by atoms with Gasteiger partial charge in [-0.15, -0.1) is 0 Å². The zero-order valence-electron chi connectivity index (χ0n) is 26.9. The summed E-state index contributed by atoms with van der Waals surface area (Å²) in [5.41, 5.74) is 12.4. The average molecular weight is 620 g/mol. The van der Waals surface area contributed by atoms with Gasteiger partial charge in [0, 0.05) is 41.4 Å². The molecule has 0 radical (unpaired) electrons. The zero-order chi connectivity index (χ0) is 32.2. The molecule has 1 aliphatic rings. The minimum Gasteiger partial charge on any atom is -0.452 e. The van der Waals surface area contributed by atoms with Crippen LogP contribution in [0.25, 0.3) is 72.0 Å². The standard InChI is InChI=1S/C45H33NO2/c1-45(2)47-43-23-21-32(35-26-33(30-13-5-3-6-14-30)25-34(27-35)31-15-7-4-8-16-31)28-39(43)40-29-36(22-24-44(40)48-45)46-41-19-11-9-17-37(41)38-18-10-12-20-42(38)46/h3-29H,1-2H3. The van der Waals surface area contributed by atoms with Crippen molar-refractivity contribution in [3.8, 4) is 61.7 Å². The molecule has 3 heteroatoms. The van der Waals surface area contributed by atoms with E-state index in [2.05, 4.69) is 168 Å². The van der Waals surface area contributed by atoms with Crippen molar-refractivity contribution in [3.05, 3.63) is 164 Å². The Balaban J connectivity index is 1.25. The summed E-state index contributed by atoms with van der Waals surface area (Å²) in [5.74, 6) is 0.747. The molecule has 0 aliphatic carbocycles. The number of para-hydroxylation sites is 2. The zero-order valence-corrected chi connectivity index (χ0v) is 26.9. The summed E-state index contributed by atoms with van der Waals surface area (Å²) in [6.07, 6.45) is 0. The molecule has 0 N–H and O–H groups in total. The highest BCUT2D eigenvalue weighted by Crippen LogP contribution is 2.46. The first-order valence-electron chi connectivity index (χ1n) is 16.4. The number of nitrogens with zero attached hydrogens (tertiary/aromatic N) is 1. The monoisotopic (exact) mass is 619 g/mol. The van der Waals surface area contributed by atoms with Crippen LogP contribution in [0.5, 0.6) is 11.5 Å². The van der Waals surface area contributed by atoms with Crippen LogP contribution < -0.4 is 9.47 Å². The summed E-state index contributed by atoms with van der Waals surface area (Å²) in [6, 6.07) is 58.3. The van der Waals surface area contributed by atoms with Crippen LogP contribution in [0.2, 0.25) is 0 Å². The van der Waals surface area contributed by atoms with Gasteiger partial charge in [0.25, 0.3) is 0 Å². The first-order valence-corrected chi connectivity index (χ1v) is 16.4. The van der Waals surface area contributed by atoms with Gasteiger partial charge < -0.3 is 14.0 Å². The van der Waals surface area contributed by atoms with Gasteiger partial charge >= 0.3 is 0 Å². The van der Waals surface area contributed by atoms with Crippen molar-refractivity contribution in [2.45, 2.75) is 19.6 Å². The van der Waals surface area contributed by atoms with Gasteiger partial charge in [-0.3, -0.25) is 0 Å². The summed E-state index contributed by atoms with van der Waals surface area (Å²) in [4.78, 5) is 0. The lowest BCUT2D eigenvalue weighted by Crippen LogP contribution is -2.34. The molecule has 7 aromatic carbocycles. The predicted molar refractivity (Wildman–Crippen MR) is 198 cm³/mol. The number of hydrogen-bond donors (Lipinski definition) is 0. The summed E-state index contributed by atoms with van der Waals surface area (Å²) in [6.45, 7) is 3.94. The van der Waals surface area contributed by atoms with Crippen LogP contribution in [0.3, 0.4) is 0 Å². The Morgan fingerprint density at radius 2 is 0.854 bits per heavy atom. The van der Waals surface area contributed by atoms with Crippen molar-refractivity contribution >= 4 is 21.8 Å². The molecular formula is C45H33NO2. The van der Waals surface area contributed by atoms with Crippen LogP contribution >= 0.6 is 0 Å². The van der Waals surface area contributed by atoms with E-state index < -0.39 is 5.79 Å². The number of aromatic nitrogens is 1. The van der Waals surface area contributed by atoms with Crippen LogP contribution in [-0.2, 0) is 0 Å². The Labute approximate surface area is 280 Å². The average Bonchev–Trinajstić information content (AvgIpc) is 3.41. The Hall–Kier alpha value is -6.06. The van der Waals surface area contributed by atoms with Gasteiger partial charge in [-0.05, 0) is 94.0 Å². The Bertz CT molecular complexity index is 2360. The van der Waals surface area contributed by atoms with E-state index in [-0.39, 0.29) is 0 Å². The summed E-state index contributed by atoms with van der Waals surface area (Å²) >= 11 is 0. The van der Waals surface area contributed by atoms with Gasteiger partial charge in [0.15, 0.2) is 0 Å². The van der Waals surface area contributed by atoms with Crippen LogP contribution in [0.4, 0.5) is 0 Å². The molecule has 48 heavy (non-hydrogen) atoms. The minimum absolute atomic E-state index is 0.795. The second kappa shape index (κ2) is 11.0. The second-order valence-corrected chi connectivity index (χ2v) is 12.9. The normalized spacial score (nSPS) is 13.3. The quantitative estimate of drug-likeness (QED) is 0.196. The van der Waals surface area contributed by atoms with Crippen molar-refractivity contribution in [1.82, 2.24) is 4.57 Å². The van der Waals surface area contributed by atoms with Crippen molar-refractivity contribution in [3.63, 3.8) is 0 Å². The molecule has 0 saturated carbocycles. The van der Waals surface area contributed by atoms with E-state index in [1.54, 1.807) is 0 Å². The molecule has 0 unspecified atom stereocenters. The Morgan fingerprint density at radius 1 is 0.396 bits per heavy atom. The molecule has 0 spiro atoms. The number of rotatable bonds is 4. The van der Waals surface area contributed by atoms with Crippen LogP contribution in [0.1, 0.15) is 13.8 Å². The number of benzene rings is 7. The first-order chi connectivity index (χ1) is 23.5. The van der Waals surface area contributed by atoms with E-state index in [0.717, 1.165) is 39.4 Å². The maximum atomic E-state index is 6.55. The van der Waals surface area contributed by atoms with Crippen molar-refractivity contribution in [2.75, 3.05) is 0 Å². The van der Waals surface area contributed by atoms with Gasteiger partial charge in [0.1, 0.15) is 11.5 Å². The molecule has 0 fully saturated rings. The SMILES string of the molecule is CC1(C)Oc2ccc(-c3cc(-c4ccccc4)cc(-c4ccccc4)c3)cc2-c2cc(-n3c4ccccc4c4ccccc43)ccc2O1. The van der Waals surface area contributed by atoms with Crippen LogP contribution in [0.15, 0.2) is 164 Å². The largest absolute Gasteiger partial charge is 0.452 e. The smallest absolute Gasteiger partial charge is 0.245 e. The Kier molecular flexibility index (Phi) is 6.48. The van der Waals surface area contributed by atoms with Gasteiger partial charge in [0.05, 0.1) is 11.0 Å². The van der Waals surface area contributed by atoms with Crippen molar-refractivity contribution in [1.29, 1.82) is 0 Å². The van der Waals surface area contributed by atoms with Crippen LogP contribution in [-0.4, -0.2) is 10.4 Å². The molecule has 1 aliphatic heterocycles. The molecule has 230 valence electrons. The van der Waals surface area contributed by atoms with Gasteiger partial charge in [-0.1, -0.05) is 103 Å². The molecule has 0 bridgehead atoms. The third-order valence-electron chi connectivity index (χ3n) is 9.26. The lowest BCUT2D eigenvalue weighted by Gasteiger charge is -2.25. The topological polar surface area (TPSA) is 23.4 Å².